The molecule has 0 radical (unpaired) electrons. The molecule has 0 spiro atoms. The number of fused-ring (bicyclic) bond motifs is 8. The third kappa shape index (κ3) is 2.95. The molecular formula is C21H24N6OS2. The zero-order valence-electron chi connectivity index (χ0n) is 17.0. The average molecular weight is 441 g/mol. The van der Waals surface area contributed by atoms with Crippen molar-refractivity contribution in [3.8, 4) is 10.8 Å². The Kier molecular flexibility index (Phi) is 4.52. The van der Waals surface area contributed by atoms with E-state index in [1.807, 2.05) is 37.3 Å². The van der Waals surface area contributed by atoms with Crippen LogP contribution < -0.4 is 20.5 Å². The van der Waals surface area contributed by atoms with E-state index in [1.165, 1.54) is 45.8 Å². The van der Waals surface area contributed by atoms with Crippen LogP contribution in [0.25, 0.3) is 5.00 Å². The minimum Gasteiger partial charge on any atom is -0.491 e. The molecule has 1 aliphatic carbocycles. The molecule has 2 aromatic heterocycles. The quantitative estimate of drug-likeness (QED) is 0.585. The lowest BCUT2D eigenvalue weighted by atomic mass is 10.1. The van der Waals surface area contributed by atoms with Gasteiger partial charge in [-0.2, -0.15) is 0 Å². The predicted molar refractivity (Wildman–Crippen MR) is 119 cm³/mol. The lowest BCUT2D eigenvalue weighted by molar-refractivity contribution is 0.242. The molecule has 1 saturated heterocycles. The van der Waals surface area contributed by atoms with Crippen molar-refractivity contribution >= 4 is 29.0 Å². The van der Waals surface area contributed by atoms with E-state index in [-0.39, 0.29) is 12.3 Å². The summed E-state index contributed by atoms with van der Waals surface area (Å²) in [7, 11) is 0. The highest BCUT2D eigenvalue weighted by molar-refractivity contribution is 7.98. The van der Waals surface area contributed by atoms with Crippen LogP contribution in [0.3, 0.4) is 0 Å². The van der Waals surface area contributed by atoms with Gasteiger partial charge in [0.15, 0.2) is 5.16 Å². The maximum atomic E-state index is 5.75. The second-order valence-corrected chi connectivity index (χ2v) is 10.1. The molecule has 1 atom stereocenters. The molecule has 9 heteroatoms. The van der Waals surface area contributed by atoms with Crippen molar-refractivity contribution in [2.24, 2.45) is 0 Å². The molecule has 1 fully saturated rings. The number of rotatable bonds is 5. The van der Waals surface area contributed by atoms with Crippen LogP contribution >= 0.6 is 23.1 Å². The van der Waals surface area contributed by atoms with E-state index in [0.717, 1.165) is 29.3 Å². The fraction of sp³-hybridized carbons (Fsp3) is 0.429. The Labute approximate surface area is 183 Å². The van der Waals surface area contributed by atoms with Crippen molar-refractivity contribution in [3.05, 3.63) is 45.8 Å². The van der Waals surface area contributed by atoms with Crippen LogP contribution in [0.2, 0.25) is 0 Å². The number of nitrogens with one attached hydrogen (secondary N) is 2. The Hall–Kier alpha value is -2.07. The van der Waals surface area contributed by atoms with Crippen LogP contribution in [0.1, 0.15) is 48.0 Å². The summed E-state index contributed by atoms with van der Waals surface area (Å²) < 4.78 is 8.00. The summed E-state index contributed by atoms with van der Waals surface area (Å²) in [5, 5.41) is 17.1. The number of hydrogen-bond acceptors (Lipinski definition) is 8. The summed E-state index contributed by atoms with van der Waals surface area (Å²) in [6.07, 6.45) is 3.98. The molecule has 0 amide bonds. The highest BCUT2D eigenvalue weighted by Gasteiger charge is 2.42. The van der Waals surface area contributed by atoms with E-state index in [0.29, 0.717) is 0 Å². The molecule has 3 aliphatic rings. The van der Waals surface area contributed by atoms with Crippen molar-refractivity contribution in [2.45, 2.75) is 56.3 Å². The molecule has 4 heterocycles. The van der Waals surface area contributed by atoms with Crippen molar-refractivity contribution in [2.75, 3.05) is 11.7 Å². The minimum atomic E-state index is 0.154. The third-order valence-electron chi connectivity index (χ3n) is 5.72. The Bertz CT molecular complexity index is 1090. The first-order valence-corrected chi connectivity index (χ1v) is 12.2. The minimum absolute atomic E-state index is 0.154. The molecular weight excluding hydrogens is 416 g/mol. The first kappa shape index (κ1) is 18.7. The standard InChI is InChI=1S/C21H24N6OS2/c1-12(2)28-14-8-6-13(7-9-14)10-29-21-25-24-20-26(21)19-17(18-22-11-23-27(18)20)15-4-3-5-16(15)30-19/h6-9,12,18,22-23H,3-5,10-11H2,1-2H3. The lowest BCUT2D eigenvalue weighted by Crippen LogP contribution is -2.39. The second-order valence-electron chi connectivity index (χ2n) is 8.10. The van der Waals surface area contributed by atoms with Gasteiger partial charge in [0.2, 0.25) is 5.95 Å². The fourth-order valence-electron chi connectivity index (χ4n) is 4.46. The Balaban J connectivity index is 1.30. The highest BCUT2D eigenvalue weighted by atomic mass is 32.2. The number of hydrazine groups is 1. The number of aryl methyl sites for hydroxylation is 1. The Morgan fingerprint density at radius 2 is 2.10 bits per heavy atom. The van der Waals surface area contributed by atoms with E-state index in [4.69, 9.17) is 4.74 Å². The zero-order chi connectivity index (χ0) is 20.2. The molecule has 3 aromatic rings. The average Bonchev–Trinajstić information content (AvgIpc) is 3.48. The monoisotopic (exact) mass is 440 g/mol. The van der Waals surface area contributed by atoms with Gasteiger partial charge in [-0.15, -0.1) is 21.5 Å². The number of thiophene rings is 1. The molecule has 6 rings (SSSR count). The van der Waals surface area contributed by atoms with Gasteiger partial charge in [0.25, 0.3) is 0 Å². The molecule has 30 heavy (non-hydrogen) atoms. The van der Waals surface area contributed by atoms with Gasteiger partial charge in [-0.3, -0.25) is 10.3 Å². The molecule has 1 aromatic carbocycles. The number of thioether (sulfide) groups is 1. The summed E-state index contributed by atoms with van der Waals surface area (Å²) in [6, 6.07) is 8.35. The second kappa shape index (κ2) is 7.26. The van der Waals surface area contributed by atoms with Crippen LogP contribution in [0.5, 0.6) is 5.75 Å². The summed E-state index contributed by atoms with van der Waals surface area (Å²) in [5.41, 5.74) is 7.63. The predicted octanol–water partition coefficient (Wildman–Crippen LogP) is 3.78. The van der Waals surface area contributed by atoms with E-state index < -0.39 is 0 Å². The number of nitrogens with zero attached hydrogens (tertiary/aromatic N) is 4. The van der Waals surface area contributed by atoms with Crippen LogP contribution in [-0.2, 0) is 18.6 Å². The van der Waals surface area contributed by atoms with Crippen molar-refractivity contribution in [1.82, 2.24) is 25.5 Å². The van der Waals surface area contributed by atoms with Crippen LogP contribution in [0.4, 0.5) is 5.95 Å². The fourth-order valence-corrected chi connectivity index (χ4v) is 6.83. The summed E-state index contributed by atoms with van der Waals surface area (Å²) in [4.78, 5) is 1.53. The molecule has 7 nitrogen and oxygen atoms in total. The van der Waals surface area contributed by atoms with Gasteiger partial charge in [0.05, 0.1) is 12.8 Å². The van der Waals surface area contributed by atoms with Gasteiger partial charge in [0, 0.05) is 16.2 Å². The third-order valence-corrected chi connectivity index (χ3v) is 8.01. The maximum absolute atomic E-state index is 5.75. The highest BCUT2D eigenvalue weighted by Crippen LogP contribution is 2.48. The van der Waals surface area contributed by atoms with Crippen molar-refractivity contribution in [1.29, 1.82) is 0 Å². The SMILES string of the molecule is CC(C)Oc1ccc(CSc2nnc3n2-c2sc4c(c2C2NCNN32)CCC4)cc1. The number of anilines is 1. The van der Waals surface area contributed by atoms with Crippen molar-refractivity contribution < 1.29 is 4.74 Å². The van der Waals surface area contributed by atoms with Gasteiger partial charge in [-0.25, -0.2) is 9.99 Å². The van der Waals surface area contributed by atoms with Crippen LogP contribution in [-0.4, -0.2) is 27.5 Å². The summed E-state index contributed by atoms with van der Waals surface area (Å²) in [5.74, 6) is 2.63. The van der Waals surface area contributed by atoms with Gasteiger partial charge in [-0.1, -0.05) is 23.9 Å². The molecule has 0 bridgehead atoms. The maximum Gasteiger partial charge on any atom is 0.249 e. The number of ether oxygens (including phenoxy) is 1. The van der Waals surface area contributed by atoms with Crippen LogP contribution in [0.15, 0.2) is 29.4 Å². The Morgan fingerprint density at radius 1 is 1.23 bits per heavy atom. The first-order chi connectivity index (χ1) is 14.7. The number of aromatic nitrogens is 3. The molecule has 156 valence electrons. The van der Waals surface area contributed by atoms with Crippen molar-refractivity contribution in [3.63, 3.8) is 0 Å². The number of hydrogen-bond donors (Lipinski definition) is 2. The molecule has 0 saturated carbocycles. The van der Waals surface area contributed by atoms with Gasteiger partial charge in [-0.05, 0) is 56.4 Å². The first-order valence-electron chi connectivity index (χ1n) is 10.4. The lowest BCUT2D eigenvalue weighted by Gasteiger charge is -2.30. The van der Waals surface area contributed by atoms with E-state index in [9.17, 15) is 0 Å². The molecule has 2 aliphatic heterocycles. The van der Waals surface area contributed by atoms with E-state index >= 15 is 0 Å². The smallest absolute Gasteiger partial charge is 0.249 e. The normalized spacial score (nSPS) is 19.0. The topological polar surface area (TPSA) is 67.2 Å². The van der Waals surface area contributed by atoms with E-state index in [1.54, 1.807) is 11.8 Å². The van der Waals surface area contributed by atoms with E-state index in [2.05, 4.69) is 42.6 Å². The largest absolute Gasteiger partial charge is 0.491 e. The number of benzene rings is 1. The molecule has 1 unspecified atom stereocenters. The summed E-state index contributed by atoms with van der Waals surface area (Å²) in [6.45, 7) is 4.83. The van der Waals surface area contributed by atoms with Gasteiger partial charge >= 0.3 is 0 Å². The van der Waals surface area contributed by atoms with Crippen LogP contribution in [0, 0.1) is 0 Å². The van der Waals surface area contributed by atoms with Gasteiger partial charge in [0.1, 0.15) is 16.9 Å². The van der Waals surface area contributed by atoms with Gasteiger partial charge < -0.3 is 4.74 Å². The summed E-state index contributed by atoms with van der Waals surface area (Å²) >= 11 is 3.66. The Morgan fingerprint density at radius 3 is 2.93 bits per heavy atom. The molecule has 2 N–H and O–H groups in total. The zero-order valence-corrected chi connectivity index (χ0v) is 18.6.